The first-order chi connectivity index (χ1) is 11.6. The molecule has 8 heteroatoms. The fourth-order valence-corrected chi connectivity index (χ4v) is 2.78. The number of aromatic nitrogens is 3. The minimum Gasteiger partial charge on any atom is -0.379 e. The Morgan fingerprint density at radius 2 is 2.21 bits per heavy atom. The van der Waals surface area contributed by atoms with Crippen molar-refractivity contribution in [2.75, 3.05) is 31.6 Å². The summed E-state index contributed by atoms with van der Waals surface area (Å²) >= 11 is 6.37. The van der Waals surface area contributed by atoms with Gasteiger partial charge in [-0.25, -0.2) is 9.67 Å². The summed E-state index contributed by atoms with van der Waals surface area (Å²) in [5, 5.41) is 7.48. The molecule has 1 saturated heterocycles. The average Bonchev–Trinajstić information content (AvgIpc) is 3.12. The Hall–Kier alpha value is -1.96. The van der Waals surface area contributed by atoms with Gasteiger partial charge in [0.05, 0.1) is 13.2 Å². The zero-order valence-corrected chi connectivity index (χ0v) is 14.2. The number of nitrogens with zero attached hydrogens (tertiary/aromatic N) is 4. The number of hydrogen-bond donors (Lipinski definition) is 1. The second-order valence-corrected chi connectivity index (χ2v) is 6.14. The van der Waals surface area contributed by atoms with Crippen molar-refractivity contribution in [1.29, 1.82) is 0 Å². The van der Waals surface area contributed by atoms with E-state index in [1.165, 1.54) is 17.3 Å². The zero-order valence-electron chi connectivity index (χ0n) is 13.5. The highest BCUT2D eigenvalue weighted by atomic mass is 35.5. The van der Waals surface area contributed by atoms with Gasteiger partial charge < -0.3 is 10.1 Å². The van der Waals surface area contributed by atoms with Crippen LogP contribution in [0.1, 0.15) is 18.5 Å². The quantitative estimate of drug-likeness (QED) is 0.893. The van der Waals surface area contributed by atoms with E-state index in [4.69, 9.17) is 16.3 Å². The van der Waals surface area contributed by atoms with Crippen LogP contribution in [0.3, 0.4) is 0 Å². The van der Waals surface area contributed by atoms with Crippen molar-refractivity contribution in [2.24, 2.45) is 0 Å². The molecule has 128 valence electrons. The largest absolute Gasteiger partial charge is 0.379 e. The second kappa shape index (κ2) is 7.74. The van der Waals surface area contributed by atoms with E-state index in [2.05, 4.69) is 20.3 Å². The number of halogens is 1. The van der Waals surface area contributed by atoms with Crippen LogP contribution in [0.2, 0.25) is 5.02 Å². The van der Waals surface area contributed by atoms with E-state index in [1.807, 2.05) is 12.1 Å². The number of carbonyl (C=O) groups is 1. The lowest BCUT2D eigenvalue weighted by atomic mass is 10.1. The molecular weight excluding hydrogens is 330 g/mol. The molecule has 24 heavy (non-hydrogen) atoms. The lowest BCUT2D eigenvalue weighted by Gasteiger charge is -2.27. The minimum absolute atomic E-state index is 0.169. The summed E-state index contributed by atoms with van der Waals surface area (Å²) in [7, 11) is 0. The van der Waals surface area contributed by atoms with Gasteiger partial charge >= 0.3 is 0 Å². The number of morpholine rings is 1. The zero-order chi connectivity index (χ0) is 16.9. The number of carbonyl (C=O) groups excluding carboxylic acids is 1. The number of hydrogen-bond acceptors (Lipinski definition) is 5. The van der Waals surface area contributed by atoms with Gasteiger partial charge in [-0.15, -0.1) is 0 Å². The molecule has 0 aliphatic carbocycles. The van der Waals surface area contributed by atoms with Gasteiger partial charge in [0.15, 0.2) is 0 Å². The van der Waals surface area contributed by atoms with Crippen molar-refractivity contribution in [3.8, 4) is 0 Å². The molecule has 1 aromatic carbocycles. The summed E-state index contributed by atoms with van der Waals surface area (Å²) in [6.07, 6.45) is 2.92. The third-order valence-electron chi connectivity index (χ3n) is 4.03. The molecule has 1 aliphatic rings. The normalized spacial score (nSPS) is 16.8. The van der Waals surface area contributed by atoms with E-state index in [-0.39, 0.29) is 5.91 Å². The van der Waals surface area contributed by atoms with E-state index < -0.39 is 6.04 Å². The molecule has 2 aromatic rings. The van der Waals surface area contributed by atoms with Crippen LogP contribution < -0.4 is 5.32 Å². The summed E-state index contributed by atoms with van der Waals surface area (Å²) in [5.74, 6) is -0.169. The van der Waals surface area contributed by atoms with E-state index in [0.29, 0.717) is 10.7 Å². The topological polar surface area (TPSA) is 72.3 Å². The van der Waals surface area contributed by atoms with Gasteiger partial charge in [-0.2, -0.15) is 5.10 Å². The first kappa shape index (κ1) is 16.9. The van der Waals surface area contributed by atoms with Gasteiger partial charge in [0.1, 0.15) is 18.7 Å². The van der Waals surface area contributed by atoms with Crippen molar-refractivity contribution in [1.82, 2.24) is 19.7 Å². The Morgan fingerprint density at radius 3 is 2.88 bits per heavy atom. The number of rotatable bonds is 5. The van der Waals surface area contributed by atoms with E-state index in [0.717, 1.165) is 38.4 Å². The van der Waals surface area contributed by atoms with Gasteiger partial charge in [-0.05, 0) is 24.6 Å². The summed E-state index contributed by atoms with van der Waals surface area (Å²) in [5.41, 5.74) is 1.71. The molecule has 1 amide bonds. The molecule has 7 nitrogen and oxygen atoms in total. The van der Waals surface area contributed by atoms with E-state index in [9.17, 15) is 4.79 Å². The molecule has 0 saturated carbocycles. The van der Waals surface area contributed by atoms with E-state index >= 15 is 0 Å². The minimum atomic E-state index is -0.445. The summed E-state index contributed by atoms with van der Waals surface area (Å²) < 4.78 is 6.85. The maximum atomic E-state index is 12.3. The summed E-state index contributed by atoms with van der Waals surface area (Å²) in [6.45, 7) is 5.87. The molecular formula is C16H20ClN5O2. The Kier molecular flexibility index (Phi) is 5.44. The van der Waals surface area contributed by atoms with Crippen LogP contribution >= 0.6 is 11.6 Å². The van der Waals surface area contributed by atoms with Crippen LogP contribution in [-0.2, 0) is 16.1 Å². The number of ether oxygens (including phenoxy) is 1. The highest BCUT2D eigenvalue weighted by Gasteiger charge is 2.17. The third-order valence-corrected chi connectivity index (χ3v) is 4.38. The Bertz CT molecular complexity index is 686. The third kappa shape index (κ3) is 4.11. The average molecular weight is 350 g/mol. The fourth-order valence-electron chi connectivity index (χ4n) is 2.54. The molecule has 1 aliphatic heterocycles. The maximum Gasteiger partial charge on any atom is 0.249 e. The molecule has 3 rings (SSSR count). The van der Waals surface area contributed by atoms with Gasteiger partial charge in [0.25, 0.3) is 0 Å². The highest BCUT2D eigenvalue weighted by Crippen LogP contribution is 2.23. The van der Waals surface area contributed by atoms with Crippen LogP contribution in [0.4, 0.5) is 5.69 Å². The fraction of sp³-hybridized carbons (Fsp3) is 0.438. The monoisotopic (exact) mass is 349 g/mol. The van der Waals surface area contributed by atoms with E-state index in [1.54, 1.807) is 13.0 Å². The van der Waals surface area contributed by atoms with Crippen LogP contribution in [-0.4, -0.2) is 51.9 Å². The molecule has 2 heterocycles. The lowest BCUT2D eigenvalue weighted by molar-refractivity contribution is -0.119. The first-order valence-electron chi connectivity index (χ1n) is 7.87. The van der Waals surface area contributed by atoms with Crippen LogP contribution in [0.5, 0.6) is 0 Å². The predicted octanol–water partition coefficient (Wildman–Crippen LogP) is 1.96. The molecule has 0 spiro atoms. The van der Waals surface area contributed by atoms with Gasteiger partial charge in [0, 0.05) is 30.3 Å². The standard InChI is InChI=1S/C16H20ClN5O2/c1-12(22-11-18-10-19-22)16(23)20-14-3-2-13(15(17)8-14)9-21-4-6-24-7-5-21/h2-3,8,10-12H,4-7,9H2,1H3,(H,20,23). The molecule has 1 aromatic heterocycles. The van der Waals surface area contributed by atoms with Crippen molar-refractivity contribution < 1.29 is 9.53 Å². The summed E-state index contributed by atoms with van der Waals surface area (Å²) in [4.78, 5) is 18.4. The van der Waals surface area contributed by atoms with Gasteiger partial charge in [-0.3, -0.25) is 9.69 Å². The van der Waals surface area contributed by atoms with Crippen LogP contribution in [0.25, 0.3) is 0 Å². The number of amides is 1. The maximum absolute atomic E-state index is 12.3. The Labute approximate surface area is 145 Å². The number of benzene rings is 1. The SMILES string of the molecule is CC(C(=O)Nc1ccc(CN2CCOCC2)c(Cl)c1)n1cncn1. The van der Waals surface area contributed by atoms with Crippen molar-refractivity contribution in [3.63, 3.8) is 0 Å². The molecule has 0 radical (unpaired) electrons. The molecule has 1 atom stereocenters. The molecule has 1 unspecified atom stereocenters. The van der Waals surface area contributed by atoms with Gasteiger partial charge in [0.2, 0.25) is 5.91 Å². The first-order valence-corrected chi connectivity index (χ1v) is 8.25. The smallest absolute Gasteiger partial charge is 0.249 e. The van der Waals surface area contributed by atoms with Crippen molar-refractivity contribution in [2.45, 2.75) is 19.5 Å². The van der Waals surface area contributed by atoms with Crippen molar-refractivity contribution >= 4 is 23.2 Å². The van der Waals surface area contributed by atoms with Crippen LogP contribution in [0, 0.1) is 0 Å². The predicted molar refractivity (Wildman–Crippen MR) is 90.9 cm³/mol. The molecule has 0 bridgehead atoms. The number of anilines is 1. The molecule has 1 N–H and O–H groups in total. The van der Waals surface area contributed by atoms with Crippen LogP contribution in [0.15, 0.2) is 30.9 Å². The summed E-state index contributed by atoms with van der Waals surface area (Å²) in [6, 6.07) is 5.16. The van der Waals surface area contributed by atoms with Gasteiger partial charge in [-0.1, -0.05) is 17.7 Å². The Balaban J connectivity index is 1.62. The highest BCUT2D eigenvalue weighted by molar-refractivity contribution is 6.31. The Morgan fingerprint density at radius 1 is 1.42 bits per heavy atom. The lowest BCUT2D eigenvalue weighted by Crippen LogP contribution is -2.35. The number of nitrogens with one attached hydrogen (secondary N) is 1. The molecule has 1 fully saturated rings. The van der Waals surface area contributed by atoms with Crippen molar-refractivity contribution in [3.05, 3.63) is 41.4 Å². The second-order valence-electron chi connectivity index (χ2n) is 5.74.